The molecule has 0 amide bonds. The summed E-state index contributed by atoms with van der Waals surface area (Å²) < 4.78 is 32.6. The van der Waals surface area contributed by atoms with Gasteiger partial charge in [-0.3, -0.25) is 4.68 Å². The van der Waals surface area contributed by atoms with E-state index in [0.717, 1.165) is 33.6 Å². The fraction of sp³-hybridized carbons (Fsp3) is 0.250. The van der Waals surface area contributed by atoms with E-state index in [1.807, 2.05) is 35.0 Å². The Morgan fingerprint density at radius 3 is 2.09 bits per heavy atom. The van der Waals surface area contributed by atoms with Crippen molar-refractivity contribution in [3.8, 4) is 22.4 Å². The predicted molar refractivity (Wildman–Crippen MR) is 136 cm³/mol. The summed E-state index contributed by atoms with van der Waals surface area (Å²) in [6.45, 7) is 7.42. The highest BCUT2D eigenvalue weighted by atomic mass is 32.2. The van der Waals surface area contributed by atoms with Crippen molar-refractivity contribution in [2.75, 3.05) is 5.75 Å². The van der Waals surface area contributed by atoms with E-state index in [4.69, 9.17) is 9.84 Å². The third kappa shape index (κ3) is 5.13. The van der Waals surface area contributed by atoms with Gasteiger partial charge in [0.2, 0.25) is 0 Å². The maximum Gasteiger partial charge on any atom is 0.178 e. The van der Waals surface area contributed by atoms with E-state index >= 15 is 0 Å². The minimum absolute atomic E-state index is 0.0777. The van der Waals surface area contributed by atoms with Gasteiger partial charge in [-0.2, -0.15) is 5.10 Å². The van der Waals surface area contributed by atoms with Crippen molar-refractivity contribution in [1.29, 1.82) is 0 Å². The maximum atomic E-state index is 12.3. The minimum atomic E-state index is -3.26. The zero-order chi connectivity index (χ0) is 24.1. The van der Waals surface area contributed by atoms with E-state index in [9.17, 15) is 8.42 Å². The molecule has 0 bridgehead atoms. The summed E-state index contributed by atoms with van der Waals surface area (Å²) in [5.74, 6) is 0.0777. The molecule has 0 N–H and O–H groups in total. The van der Waals surface area contributed by atoms with Gasteiger partial charge >= 0.3 is 0 Å². The van der Waals surface area contributed by atoms with Gasteiger partial charge in [-0.05, 0) is 37.1 Å². The molecule has 0 saturated carbocycles. The summed E-state index contributed by atoms with van der Waals surface area (Å²) >= 11 is 0. The van der Waals surface area contributed by atoms with Gasteiger partial charge in [0, 0.05) is 17.7 Å². The second kappa shape index (κ2) is 10.4. The van der Waals surface area contributed by atoms with Gasteiger partial charge in [0.25, 0.3) is 0 Å². The van der Waals surface area contributed by atoms with Crippen molar-refractivity contribution in [2.45, 2.75) is 45.4 Å². The van der Waals surface area contributed by atoms with Crippen LogP contribution in [0.25, 0.3) is 22.4 Å². The molecule has 0 aliphatic rings. The van der Waals surface area contributed by atoms with Crippen LogP contribution in [0.1, 0.15) is 30.7 Å². The number of aryl methyl sites for hydroxylation is 2. The number of rotatable bonds is 9. The minimum Gasteiger partial charge on any atom is -0.370 e. The summed E-state index contributed by atoms with van der Waals surface area (Å²) in [5.41, 5.74) is 7.08. The third-order valence-electron chi connectivity index (χ3n) is 5.91. The lowest BCUT2D eigenvalue weighted by Crippen LogP contribution is -2.05. The Kier molecular flexibility index (Phi) is 7.29. The van der Waals surface area contributed by atoms with Crippen LogP contribution in [-0.2, 0) is 34.3 Å². The highest BCUT2D eigenvalue weighted by Gasteiger charge is 2.21. The second-order valence-electron chi connectivity index (χ2n) is 8.26. The first-order valence-electron chi connectivity index (χ1n) is 11.5. The summed E-state index contributed by atoms with van der Waals surface area (Å²) in [7, 11) is -3.26. The highest BCUT2D eigenvalue weighted by molar-refractivity contribution is 7.91. The molecule has 176 valence electrons. The van der Waals surface area contributed by atoms with Crippen LogP contribution in [0, 0.1) is 6.92 Å². The lowest BCUT2D eigenvalue weighted by atomic mass is 9.98. The first-order chi connectivity index (χ1) is 16.4. The van der Waals surface area contributed by atoms with Gasteiger partial charge < -0.3 is 4.74 Å². The van der Waals surface area contributed by atoms with Crippen LogP contribution in [0.2, 0.25) is 0 Å². The number of aromatic nitrogens is 2. The number of hydrogen-bond acceptors (Lipinski definition) is 4. The predicted octanol–water partition coefficient (Wildman–Crippen LogP) is 6.06. The first kappa shape index (κ1) is 23.9. The monoisotopic (exact) mass is 474 g/mol. The molecule has 0 aliphatic heterocycles. The van der Waals surface area contributed by atoms with Crippen molar-refractivity contribution in [1.82, 2.24) is 9.78 Å². The number of sulfone groups is 1. The van der Waals surface area contributed by atoms with Crippen LogP contribution >= 0.6 is 0 Å². The van der Waals surface area contributed by atoms with E-state index in [1.165, 1.54) is 5.56 Å². The van der Waals surface area contributed by atoms with Crippen molar-refractivity contribution < 1.29 is 13.2 Å². The zero-order valence-electron chi connectivity index (χ0n) is 19.9. The fourth-order valence-corrected chi connectivity index (χ4v) is 4.84. The Morgan fingerprint density at radius 1 is 0.824 bits per heavy atom. The molecule has 4 aromatic rings. The van der Waals surface area contributed by atoms with Crippen LogP contribution in [0.5, 0.6) is 0 Å². The molecule has 4 rings (SSSR count). The summed E-state index contributed by atoms with van der Waals surface area (Å²) in [4.78, 5) is 0.331. The molecule has 5 nitrogen and oxygen atoms in total. The summed E-state index contributed by atoms with van der Waals surface area (Å²) in [6, 6.07) is 25.5. The molecule has 34 heavy (non-hydrogen) atoms. The number of ether oxygens (including phenoxy) is 1. The smallest absolute Gasteiger partial charge is 0.178 e. The van der Waals surface area contributed by atoms with Gasteiger partial charge in [-0.1, -0.05) is 79.2 Å². The lowest BCUT2D eigenvalue weighted by Gasteiger charge is -2.11. The van der Waals surface area contributed by atoms with Crippen molar-refractivity contribution in [3.63, 3.8) is 0 Å². The molecular formula is C28H30N2O3S. The van der Waals surface area contributed by atoms with E-state index in [-0.39, 0.29) is 5.75 Å². The Bertz CT molecular complexity index is 1340. The number of nitrogens with zero attached hydrogens (tertiary/aromatic N) is 2. The molecule has 0 fully saturated rings. The molecule has 6 heteroatoms. The standard InChI is InChI=1S/C28H30N2O3S/c1-4-30-26(20-33-19-22-9-7-6-8-10-22)27(23-13-11-21(3)12-14-23)28(29-30)24-15-17-25(18-16-24)34(31,32)5-2/h6-18H,4-5,19-20H2,1-3H3. The highest BCUT2D eigenvalue weighted by Crippen LogP contribution is 2.36. The Morgan fingerprint density at radius 2 is 1.47 bits per heavy atom. The van der Waals surface area contributed by atoms with Crippen LogP contribution < -0.4 is 0 Å². The molecule has 0 spiro atoms. The molecule has 0 radical (unpaired) electrons. The van der Waals surface area contributed by atoms with Gasteiger partial charge in [0.15, 0.2) is 9.84 Å². The normalized spacial score (nSPS) is 11.6. The van der Waals surface area contributed by atoms with Crippen molar-refractivity contribution in [3.05, 3.63) is 95.7 Å². The molecule has 1 heterocycles. The first-order valence-corrected chi connectivity index (χ1v) is 13.2. The largest absolute Gasteiger partial charge is 0.370 e. The molecule has 0 aliphatic carbocycles. The third-order valence-corrected chi connectivity index (χ3v) is 7.67. The van der Waals surface area contributed by atoms with Gasteiger partial charge in [0.05, 0.1) is 29.6 Å². The lowest BCUT2D eigenvalue weighted by molar-refractivity contribution is 0.102. The molecular weight excluding hydrogens is 444 g/mol. The maximum absolute atomic E-state index is 12.3. The average molecular weight is 475 g/mol. The van der Waals surface area contributed by atoms with Crippen LogP contribution in [0.4, 0.5) is 0 Å². The molecule has 0 atom stereocenters. The van der Waals surface area contributed by atoms with Gasteiger partial charge in [0.1, 0.15) is 5.69 Å². The SMILES string of the molecule is CCn1nc(-c2ccc(S(=O)(=O)CC)cc2)c(-c2ccc(C)cc2)c1COCc1ccccc1. The molecule has 1 aromatic heterocycles. The summed E-state index contributed by atoms with van der Waals surface area (Å²) in [6.07, 6.45) is 0. The Hall–Kier alpha value is -3.22. The summed E-state index contributed by atoms with van der Waals surface area (Å²) in [5, 5.41) is 4.92. The van der Waals surface area contributed by atoms with Crippen molar-refractivity contribution >= 4 is 9.84 Å². The average Bonchev–Trinajstić information content (AvgIpc) is 3.23. The Balaban J connectivity index is 1.76. The topological polar surface area (TPSA) is 61.2 Å². The zero-order valence-corrected chi connectivity index (χ0v) is 20.7. The molecule has 3 aromatic carbocycles. The van der Waals surface area contributed by atoms with Crippen LogP contribution in [-0.4, -0.2) is 24.0 Å². The van der Waals surface area contributed by atoms with Crippen LogP contribution in [0.3, 0.4) is 0 Å². The van der Waals surface area contributed by atoms with Crippen LogP contribution in [0.15, 0.2) is 83.8 Å². The van der Waals surface area contributed by atoms with Gasteiger partial charge in [-0.25, -0.2) is 8.42 Å². The quantitative estimate of drug-likeness (QED) is 0.296. The second-order valence-corrected chi connectivity index (χ2v) is 10.5. The number of hydrogen-bond donors (Lipinski definition) is 0. The van der Waals surface area contributed by atoms with E-state index in [0.29, 0.717) is 24.7 Å². The molecule has 0 unspecified atom stereocenters. The van der Waals surface area contributed by atoms with Gasteiger partial charge in [-0.15, -0.1) is 0 Å². The van der Waals surface area contributed by atoms with E-state index in [1.54, 1.807) is 19.1 Å². The Labute approximate surface area is 202 Å². The van der Waals surface area contributed by atoms with Crippen molar-refractivity contribution in [2.24, 2.45) is 0 Å². The van der Waals surface area contributed by atoms with E-state index in [2.05, 4.69) is 50.2 Å². The number of benzene rings is 3. The fourth-order valence-electron chi connectivity index (χ4n) is 3.96. The van der Waals surface area contributed by atoms with E-state index < -0.39 is 9.84 Å². The molecule has 0 saturated heterocycles.